The van der Waals surface area contributed by atoms with Crippen LogP contribution in [-0.4, -0.2) is 16.9 Å². The Morgan fingerprint density at radius 2 is 1.62 bits per heavy atom. The van der Waals surface area contributed by atoms with Gasteiger partial charge in [-0.15, -0.1) is 0 Å². The third-order valence-corrected chi connectivity index (χ3v) is 1.71. The molecule has 1 aromatic rings. The van der Waals surface area contributed by atoms with Crippen LogP contribution in [0, 0.1) is 23.3 Å². The minimum Gasteiger partial charge on any atom is -0.481 e. The number of benzene rings is 1. The van der Waals surface area contributed by atoms with Gasteiger partial charge in [0.2, 0.25) is 0 Å². The molecule has 0 radical (unpaired) electrons. The van der Waals surface area contributed by atoms with E-state index in [0.717, 1.165) is 0 Å². The maximum atomic E-state index is 12.9. The van der Waals surface area contributed by atoms with Gasteiger partial charge in [-0.05, 0) is 6.07 Å². The van der Waals surface area contributed by atoms with Gasteiger partial charge >= 0.3 is 5.97 Å². The Labute approximate surface area is 86.3 Å². The van der Waals surface area contributed by atoms with Crippen molar-refractivity contribution in [1.29, 1.82) is 0 Å². The van der Waals surface area contributed by atoms with Crippen LogP contribution in [0.25, 0.3) is 0 Å². The fourth-order valence-electron chi connectivity index (χ4n) is 1.01. The molecule has 0 aliphatic rings. The van der Waals surface area contributed by atoms with E-state index in [2.05, 4.69) is 0 Å². The zero-order chi connectivity index (χ0) is 12.5. The van der Waals surface area contributed by atoms with E-state index in [0.29, 0.717) is 0 Å². The molecule has 0 bridgehead atoms. The van der Waals surface area contributed by atoms with Crippen LogP contribution in [0.4, 0.5) is 17.6 Å². The van der Waals surface area contributed by atoms with Gasteiger partial charge in [-0.2, -0.15) is 0 Å². The molecule has 0 fully saturated rings. The summed E-state index contributed by atoms with van der Waals surface area (Å²) in [6.45, 7) is 0. The standard InChI is InChI=1S/C9H4F4O3/c10-4-1-3(5(14)2-6(15)16)7(11)9(13)8(4)12/h1H,2H2,(H,15,16). The van der Waals surface area contributed by atoms with E-state index in [1.54, 1.807) is 0 Å². The van der Waals surface area contributed by atoms with Crippen molar-refractivity contribution in [2.24, 2.45) is 0 Å². The Bertz CT molecular complexity index is 470. The second-order valence-electron chi connectivity index (χ2n) is 2.84. The summed E-state index contributed by atoms with van der Waals surface area (Å²) in [7, 11) is 0. The van der Waals surface area contributed by atoms with Crippen LogP contribution in [-0.2, 0) is 4.79 Å². The second kappa shape index (κ2) is 4.30. The summed E-state index contributed by atoms with van der Waals surface area (Å²) in [6, 6.07) is 0.124. The predicted octanol–water partition coefficient (Wildman–Crippen LogP) is 1.90. The lowest BCUT2D eigenvalue weighted by atomic mass is 10.1. The van der Waals surface area contributed by atoms with Crippen molar-refractivity contribution in [3.63, 3.8) is 0 Å². The van der Waals surface area contributed by atoms with Crippen molar-refractivity contribution in [2.45, 2.75) is 6.42 Å². The van der Waals surface area contributed by atoms with Gasteiger partial charge in [0.15, 0.2) is 29.1 Å². The number of carbonyl (C=O) groups is 2. The van der Waals surface area contributed by atoms with E-state index in [1.807, 2.05) is 0 Å². The summed E-state index contributed by atoms with van der Waals surface area (Å²) in [6.07, 6.45) is -1.14. The number of carboxylic acids is 1. The molecule has 7 heteroatoms. The Balaban J connectivity index is 3.25. The average Bonchev–Trinajstić information content (AvgIpc) is 2.19. The Morgan fingerprint density at radius 3 is 2.12 bits per heavy atom. The normalized spacial score (nSPS) is 10.2. The topological polar surface area (TPSA) is 54.4 Å². The van der Waals surface area contributed by atoms with Crippen molar-refractivity contribution >= 4 is 11.8 Å². The largest absolute Gasteiger partial charge is 0.481 e. The van der Waals surface area contributed by atoms with Crippen LogP contribution in [0.5, 0.6) is 0 Å². The van der Waals surface area contributed by atoms with Gasteiger partial charge < -0.3 is 5.11 Å². The van der Waals surface area contributed by atoms with Crippen molar-refractivity contribution in [2.75, 3.05) is 0 Å². The molecule has 0 heterocycles. The molecule has 0 spiro atoms. The molecule has 16 heavy (non-hydrogen) atoms. The molecule has 86 valence electrons. The number of hydrogen-bond acceptors (Lipinski definition) is 2. The molecule has 0 unspecified atom stereocenters. The first-order valence-electron chi connectivity index (χ1n) is 3.92. The van der Waals surface area contributed by atoms with Crippen LogP contribution >= 0.6 is 0 Å². The zero-order valence-electron chi connectivity index (χ0n) is 7.56. The lowest BCUT2D eigenvalue weighted by Gasteiger charge is -2.03. The van der Waals surface area contributed by atoms with Crippen LogP contribution in [0.3, 0.4) is 0 Å². The van der Waals surface area contributed by atoms with E-state index in [-0.39, 0.29) is 6.07 Å². The third kappa shape index (κ3) is 2.18. The summed E-state index contributed by atoms with van der Waals surface area (Å²) in [4.78, 5) is 21.1. The van der Waals surface area contributed by atoms with Gasteiger partial charge in [0.05, 0.1) is 5.56 Å². The van der Waals surface area contributed by atoms with Gasteiger partial charge in [-0.3, -0.25) is 9.59 Å². The third-order valence-electron chi connectivity index (χ3n) is 1.71. The van der Waals surface area contributed by atoms with Gasteiger partial charge in [0.25, 0.3) is 0 Å². The lowest BCUT2D eigenvalue weighted by molar-refractivity contribution is -0.135. The summed E-state index contributed by atoms with van der Waals surface area (Å²) in [5.74, 6) is -10.8. The quantitative estimate of drug-likeness (QED) is 0.286. The number of ketones is 1. The molecule has 1 N–H and O–H groups in total. The number of halogens is 4. The van der Waals surface area contributed by atoms with E-state index in [4.69, 9.17) is 5.11 Å². The molecule has 0 aliphatic heterocycles. The molecular formula is C9H4F4O3. The molecule has 3 nitrogen and oxygen atoms in total. The molecule has 0 amide bonds. The molecule has 1 rings (SSSR count). The van der Waals surface area contributed by atoms with Gasteiger partial charge in [-0.1, -0.05) is 0 Å². The Morgan fingerprint density at radius 1 is 1.06 bits per heavy atom. The van der Waals surface area contributed by atoms with Crippen LogP contribution in [0.2, 0.25) is 0 Å². The minimum absolute atomic E-state index is 0.124. The first-order chi connectivity index (χ1) is 7.34. The number of aliphatic carboxylic acids is 1. The average molecular weight is 236 g/mol. The van der Waals surface area contributed by atoms with Gasteiger partial charge in [0, 0.05) is 0 Å². The van der Waals surface area contributed by atoms with Crippen LogP contribution in [0.15, 0.2) is 6.07 Å². The van der Waals surface area contributed by atoms with Gasteiger partial charge in [-0.25, -0.2) is 17.6 Å². The predicted molar refractivity (Wildman–Crippen MR) is 42.9 cm³/mol. The first kappa shape index (κ1) is 12.2. The summed E-state index contributed by atoms with van der Waals surface area (Å²) in [5, 5.41) is 8.22. The highest BCUT2D eigenvalue weighted by Gasteiger charge is 2.23. The molecule has 0 atom stereocenters. The highest BCUT2D eigenvalue weighted by Crippen LogP contribution is 2.19. The summed E-state index contributed by atoms with van der Waals surface area (Å²) < 4.78 is 50.7. The van der Waals surface area contributed by atoms with Crippen LogP contribution < -0.4 is 0 Å². The number of Topliss-reactive ketones (excluding diaryl/α,β-unsaturated/α-hetero) is 1. The maximum absolute atomic E-state index is 12.9. The minimum atomic E-state index is -2.14. The first-order valence-corrected chi connectivity index (χ1v) is 3.92. The number of rotatable bonds is 3. The highest BCUT2D eigenvalue weighted by atomic mass is 19.2. The summed E-state index contributed by atoms with van der Waals surface area (Å²) in [5.41, 5.74) is -1.13. The molecule has 0 aromatic heterocycles. The maximum Gasteiger partial charge on any atom is 0.311 e. The number of carboxylic acid groups (broad SMARTS) is 1. The fraction of sp³-hybridized carbons (Fsp3) is 0.111. The van der Waals surface area contributed by atoms with Crippen molar-refractivity contribution < 1.29 is 32.3 Å². The second-order valence-corrected chi connectivity index (χ2v) is 2.84. The Hall–Kier alpha value is -1.92. The SMILES string of the molecule is O=C(O)CC(=O)c1cc(F)c(F)c(F)c1F. The zero-order valence-corrected chi connectivity index (χ0v) is 7.56. The molecular weight excluding hydrogens is 232 g/mol. The van der Waals surface area contributed by atoms with Crippen LogP contribution in [0.1, 0.15) is 16.8 Å². The van der Waals surface area contributed by atoms with E-state index in [1.165, 1.54) is 0 Å². The van der Waals surface area contributed by atoms with E-state index in [9.17, 15) is 27.2 Å². The van der Waals surface area contributed by atoms with Crippen molar-refractivity contribution in [1.82, 2.24) is 0 Å². The number of hydrogen-bond donors (Lipinski definition) is 1. The molecule has 1 aromatic carbocycles. The monoisotopic (exact) mass is 236 g/mol. The fourth-order valence-corrected chi connectivity index (χ4v) is 1.01. The van der Waals surface area contributed by atoms with Gasteiger partial charge in [0.1, 0.15) is 6.42 Å². The smallest absolute Gasteiger partial charge is 0.311 e. The summed E-state index contributed by atoms with van der Waals surface area (Å²) >= 11 is 0. The lowest BCUT2D eigenvalue weighted by Crippen LogP contribution is -2.12. The van der Waals surface area contributed by atoms with E-state index < -0.39 is 47.0 Å². The van der Waals surface area contributed by atoms with E-state index >= 15 is 0 Å². The molecule has 0 saturated carbocycles. The molecule has 0 aliphatic carbocycles. The highest BCUT2D eigenvalue weighted by molar-refractivity contribution is 6.05. The van der Waals surface area contributed by atoms with Crippen molar-refractivity contribution in [3.8, 4) is 0 Å². The Kier molecular flexibility index (Phi) is 3.26. The molecule has 0 saturated heterocycles. The van der Waals surface area contributed by atoms with Crippen molar-refractivity contribution in [3.05, 3.63) is 34.9 Å². The number of carbonyl (C=O) groups excluding carboxylic acids is 1.